The topological polar surface area (TPSA) is 50.2 Å². The molecule has 0 amide bonds. The van der Waals surface area contributed by atoms with Gasteiger partial charge in [-0.25, -0.2) is 4.79 Å². The number of benzene rings is 1. The van der Waals surface area contributed by atoms with E-state index >= 15 is 0 Å². The normalized spacial score (nSPS) is 11.1. The van der Waals surface area contributed by atoms with Crippen LogP contribution in [0.2, 0.25) is 0 Å². The van der Waals surface area contributed by atoms with Crippen molar-refractivity contribution in [3.05, 3.63) is 41.1 Å². The van der Waals surface area contributed by atoms with Gasteiger partial charge in [0.2, 0.25) is 0 Å². The lowest BCUT2D eigenvalue weighted by Gasteiger charge is -2.11. The first-order chi connectivity index (χ1) is 8.00. The number of pyridine rings is 1. The molecule has 17 heavy (non-hydrogen) atoms. The number of para-hydroxylation sites is 1. The first kappa shape index (κ1) is 11.6. The third-order valence-corrected chi connectivity index (χ3v) is 2.85. The Morgan fingerprint density at radius 2 is 2.06 bits per heavy atom. The van der Waals surface area contributed by atoms with Crippen LogP contribution >= 0.6 is 0 Å². The summed E-state index contributed by atoms with van der Waals surface area (Å²) in [5, 5.41) is 9.93. The lowest BCUT2D eigenvalue weighted by atomic mass is 9.97. The molecule has 0 unspecified atom stereocenters. The van der Waals surface area contributed by atoms with Crippen molar-refractivity contribution in [1.82, 2.24) is 4.98 Å². The van der Waals surface area contributed by atoms with Gasteiger partial charge in [0, 0.05) is 11.1 Å². The minimum Gasteiger partial charge on any atom is -0.478 e. The monoisotopic (exact) mass is 229 g/mol. The van der Waals surface area contributed by atoms with Crippen LogP contribution in [-0.2, 0) is 0 Å². The van der Waals surface area contributed by atoms with Crippen LogP contribution in [0.5, 0.6) is 0 Å². The predicted octanol–water partition coefficient (Wildman–Crippen LogP) is 3.36. The number of aromatic nitrogens is 1. The summed E-state index contributed by atoms with van der Waals surface area (Å²) in [6.07, 6.45) is 0. The van der Waals surface area contributed by atoms with Gasteiger partial charge in [0.15, 0.2) is 0 Å². The van der Waals surface area contributed by atoms with Gasteiger partial charge in [0.25, 0.3) is 0 Å². The molecule has 2 aromatic rings. The molecule has 0 saturated carbocycles. The molecule has 3 nitrogen and oxygen atoms in total. The lowest BCUT2D eigenvalue weighted by Crippen LogP contribution is -2.02. The molecule has 0 fully saturated rings. The van der Waals surface area contributed by atoms with Crippen molar-refractivity contribution >= 4 is 16.9 Å². The number of carbonyl (C=O) groups is 1. The Bertz CT molecular complexity index is 588. The second-order valence-corrected chi connectivity index (χ2v) is 4.51. The Balaban J connectivity index is 2.88. The number of aromatic carboxylic acids is 1. The van der Waals surface area contributed by atoms with Crippen molar-refractivity contribution in [2.75, 3.05) is 0 Å². The second kappa shape index (κ2) is 4.17. The largest absolute Gasteiger partial charge is 0.478 e. The summed E-state index contributed by atoms with van der Waals surface area (Å²) < 4.78 is 0. The van der Waals surface area contributed by atoms with E-state index in [1.54, 1.807) is 6.07 Å². The van der Waals surface area contributed by atoms with Crippen LogP contribution in [0.25, 0.3) is 10.9 Å². The van der Waals surface area contributed by atoms with Gasteiger partial charge in [-0.15, -0.1) is 0 Å². The van der Waals surface area contributed by atoms with Crippen LogP contribution in [0.1, 0.15) is 41.4 Å². The number of fused-ring (bicyclic) bond motifs is 1. The summed E-state index contributed by atoms with van der Waals surface area (Å²) in [6, 6.07) is 7.33. The first-order valence-corrected chi connectivity index (χ1v) is 5.64. The van der Waals surface area contributed by atoms with Crippen LogP contribution in [0, 0.1) is 6.92 Å². The number of hydrogen-bond donors (Lipinski definition) is 1. The zero-order chi connectivity index (χ0) is 12.6. The van der Waals surface area contributed by atoms with Crippen LogP contribution in [0.3, 0.4) is 0 Å². The van der Waals surface area contributed by atoms with Crippen LogP contribution in [0.15, 0.2) is 24.3 Å². The van der Waals surface area contributed by atoms with Crippen LogP contribution in [0.4, 0.5) is 0 Å². The van der Waals surface area contributed by atoms with E-state index < -0.39 is 5.97 Å². The van der Waals surface area contributed by atoms with E-state index in [1.807, 2.05) is 25.1 Å². The van der Waals surface area contributed by atoms with Gasteiger partial charge in [-0.1, -0.05) is 32.0 Å². The molecule has 0 spiro atoms. The SMILES string of the molecule is Cc1cc(C(=O)O)c2cccc(C(C)C)c2n1. The Morgan fingerprint density at radius 3 is 2.65 bits per heavy atom. The number of nitrogens with zero attached hydrogens (tertiary/aromatic N) is 1. The van der Waals surface area contributed by atoms with Crippen LogP contribution in [-0.4, -0.2) is 16.1 Å². The second-order valence-electron chi connectivity index (χ2n) is 4.51. The molecule has 0 bridgehead atoms. The van der Waals surface area contributed by atoms with Gasteiger partial charge in [-0.2, -0.15) is 0 Å². The van der Waals surface area contributed by atoms with Crippen molar-refractivity contribution in [2.24, 2.45) is 0 Å². The summed E-state index contributed by atoms with van der Waals surface area (Å²) in [5.74, 6) is -0.573. The summed E-state index contributed by atoms with van der Waals surface area (Å²) in [7, 11) is 0. The summed E-state index contributed by atoms with van der Waals surface area (Å²) >= 11 is 0. The summed E-state index contributed by atoms with van der Waals surface area (Å²) in [4.78, 5) is 15.7. The molecule has 0 aliphatic carbocycles. The highest BCUT2D eigenvalue weighted by atomic mass is 16.4. The van der Waals surface area contributed by atoms with Crippen molar-refractivity contribution in [3.8, 4) is 0 Å². The Kier molecular flexibility index (Phi) is 2.84. The molecule has 1 aromatic carbocycles. The van der Waals surface area contributed by atoms with Gasteiger partial charge in [0.05, 0.1) is 11.1 Å². The minimum absolute atomic E-state index is 0.328. The van der Waals surface area contributed by atoms with E-state index in [9.17, 15) is 9.90 Å². The van der Waals surface area contributed by atoms with Gasteiger partial charge >= 0.3 is 5.97 Å². The van der Waals surface area contributed by atoms with E-state index in [0.29, 0.717) is 16.9 Å². The molecule has 3 heteroatoms. The van der Waals surface area contributed by atoms with E-state index in [0.717, 1.165) is 16.8 Å². The summed E-state index contributed by atoms with van der Waals surface area (Å²) in [6.45, 7) is 5.99. The molecule has 0 radical (unpaired) electrons. The Labute approximate surface area is 100 Å². The minimum atomic E-state index is -0.901. The van der Waals surface area contributed by atoms with E-state index in [4.69, 9.17) is 0 Å². The average molecular weight is 229 g/mol. The Morgan fingerprint density at radius 1 is 1.35 bits per heavy atom. The standard InChI is InChI=1S/C14H15NO2/c1-8(2)10-5-4-6-11-12(14(16)17)7-9(3)15-13(10)11/h4-8H,1-3H3,(H,16,17). The number of aryl methyl sites for hydroxylation is 1. The van der Waals surface area contributed by atoms with Crippen molar-refractivity contribution < 1.29 is 9.90 Å². The van der Waals surface area contributed by atoms with Crippen molar-refractivity contribution in [3.63, 3.8) is 0 Å². The molecular formula is C14H15NO2. The molecular weight excluding hydrogens is 214 g/mol. The third-order valence-electron chi connectivity index (χ3n) is 2.85. The van der Waals surface area contributed by atoms with Gasteiger partial charge in [0.1, 0.15) is 0 Å². The third kappa shape index (κ3) is 2.00. The molecule has 1 aromatic heterocycles. The van der Waals surface area contributed by atoms with E-state index in [1.165, 1.54) is 0 Å². The Hall–Kier alpha value is -1.90. The molecule has 2 rings (SSSR count). The average Bonchev–Trinajstić information content (AvgIpc) is 2.26. The molecule has 88 valence electrons. The number of carboxylic acid groups (broad SMARTS) is 1. The fourth-order valence-corrected chi connectivity index (χ4v) is 2.04. The maximum atomic E-state index is 11.2. The quantitative estimate of drug-likeness (QED) is 0.859. The number of rotatable bonds is 2. The van der Waals surface area contributed by atoms with Gasteiger partial charge < -0.3 is 5.11 Å². The van der Waals surface area contributed by atoms with Gasteiger partial charge in [-0.3, -0.25) is 4.98 Å². The van der Waals surface area contributed by atoms with Crippen LogP contribution < -0.4 is 0 Å². The predicted molar refractivity (Wildman–Crippen MR) is 67.5 cm³/mol. The molecule has 1 N–H and O–H groups in total. The van der Waals surface area contributed by atoms with Gasteiger partial charge in [-0.05, 0) is 24.5 Å². The molecule has 0 aliphatic heterocycles. The zero-order valence-corrected chi connectivity index (χ0v) is 10.2. The smallest absolute Gasteiger partial charge is 0.336 e. The molecule has 0 atom stereocenters. The highest BCUT2D eigenvalue weighted by Gasteiger charge is 2.13. The van der Waals surface area contributed by atoms with Crippen molar-refractivity contribution in [1.29, 1.82) is 0 Å². The molecule has 0 saturated heterocycles. The first-order valence-electron chi connectivity index (χ1n) is 5.64. The van der Waals surface area contributed by atoms with E-state index in [-0.39, 0.29) is 0 Å². The highest BCUT2D eigenvalue weighted by Crippen LogP contribution is 2.26. The fraction of sp³-hybridized carbons (Fsp3) is 0.286. The molecule has 1 heterocycles. The fourth-order valence-electron chi connectivity index (χ4n) is 2.04. The summed E-state index contributed by atoms with van der Waals surface area (Å²) in [5.41, 5.74) is 2.96. The van der Waals surface area contributed by atoms with E-state index in [2.05, 4.69) is 18.8 Å². The lowest BCUT2D eigenvalue weighted by molar-refractivity contribution is 0.0699. The van der Waals surface area contributed by atoms with Crippen molar-refractivity contribution in [2.45, 2.75) is 26.7 Å². The zero-order valence-electron chi connectivity index (χ0n) is 10.2. The molecule has 0 aliphatic rings. The maximum absolute atomic E-state index is 11.2. The highest BCUT2D eigenvalue weighted by molar-refractivity contribution is 6.03. The number of carboxylic acids is 1. The number of hydrogen-bond acceptors (Lipinski definition) is 2. The maximum Gasteiger partial charge on any atom is 0.336 e.